The predicted octanol–water partition coefficient (Wildman–Crippen LogP) is 1.93. The molecule has 0 radical (unpaired) electrons. The standard InChI is InChI=1S/C16H21FN4O/c1-16(6-3-7-22-16)11-21-15(19-2)20-10-13-8-12(9-18)4-5-14(13)17/h4-5,8H,3,6-7,10-11H2,1-2H3,(H2,19,20,21). The lowest BCUT2D eigenvalue weighted by atomic mass is 10.0. The Kier molecular flexibility index (Phi) is 5.34. The molecule has 0 bridgehead atoms. The van der Waals surface area contributed by atoms with Crippen molar-refractivity contribution in [2.24, 2.45) is 4.99 Å². The van der Waals surface area contributed by atoms with Crippen LogP contribution in [0.5, 0.6) is 0 Å². The van der Waals surface area contributed by atoms with E-state index in [1.54, 1.807) is 7.05 Å². The van der Waals surface area contributed by atoms with E-state index in [1.807, 2.05) is 6.07 Å². The molecule has 1 aromatic carbocycles. The first kappa shape index (κ1) is 16.2. The molecule has 0 saturated carbocycles. The van der Waals surface area contributed by atoms with Crippen molar-refractivity contribution in [2.45, 2.75) is 31.9 Å². The van der Waals surface area contributed by atoms with Gasteiger partial charge in [-0.25, -0.2) is 4.39 Å². The van der Waals surface area contributed by atoms with Gasteiger partial charge in [0.2, 0.25) is 0 Å². The monoisotopic (exact) mass is 304 g/mol. The van der Waals surface area contributed by atoms with Gasteiger partial charge in [0.15, 0.2) is 5.96 Å². The molecular weight excluding hydrogens is 283 g/mol. The van der Waals surface area contributed by atoms with Crippen molar-refractivity contribution in [1.29, 1.82) is 5.26 Å². The van der Waals surface area contributed by atoms with Gasteiger partial charge >= 0.3 is 0 Å². The van der Waals surface area contributed by atoms with E-state index in [9.17, 15) is 4.39 Å². The minimum Gasteiger partial charge on any atom is -0.373 e. The summed E-state index contributed by atoms with van der Waals surface area (Å²) < 4.78 is 19.4. The molecule has 1 unspecified atom stereocenters. The van der Waals surface area contributed by atoms with Gasteiger partial charge in [0.1, 0.15) is 5.82 Å². The molecule has 2 N–H and O–H groups in total. The maximum Gasteiger partial charge on any atom is 0.191 e. The number of aliphatic imine (C=N–C) groups is 1. The van der Waals surface area contributed by atoms with Crippen molar-refractivity contribution in [1.82, 2.24) is 10.6 Å². The number of ether oxygens (including phenoxy) is 1. The number of benzene rings is 1. The number of nitrogens with zero attached hydrogens (tertiary/aromatic N) is 2. The van der Waals surface area contributed by atoms with Gasteiger partial charge in [0.25, 0.3) is 0 Å². The van der Waals surface area contributed by atoms with E-state index in [4.69, 9.17) is 10.00 Å². The molecule has 22 heavy (non-hydrogen) atoms. The highest BCUT2D eigenvalue weighted by Gasteiger charge is 2.29. The summed E-state index contributed by atoms with van der Waals surface area (Å²) in [5, 5.41) is 15.1. The van der Waals surface area contributed by atoms with Crippen LogP contribution in [0.2, 0.25) is 0 Å². The zero-order valence-corrected chi connectivity index (χ0v) is 12.9. The fraction of sp³-hybridized carbons (Fsp3) is 0.500. The molecule has 1 aromatic rings. The molecular formula is C16H21FN4O. The highest BCUT2D eigenvalue weighted by atomic mass is 19.1. The van der Waals surface area contributed by atoms with Gasteiger partial charge in [-0.2, -0.15) is 5.26 Å². The number of hydrogen-bond donors (Lipinski definition) is 2. The molecule has 1 heterocycles. The Bertz CT molecular complexity index is 588. The van der Waals surface area contributed by atoms with Gasteiger partial charge in [0.05, 0.1) is 17.2 Å². The Morgan fingerprint density at radius 3 is 2.95 bits per heavy atom. The first-order valence-corrected chi connectivity index (χ1v) is 7.33. The summed E-state index contributed by atoms with van der Waals surface area (Å²) in [6.07, 6.45) is 2.08. The van der Waals surface area contributed by atoms with Crippen LogP contribution in [0.4, 0.5) is 4.39 Å². The van der Waals surface area contributed by atoms with Crippen LogP contribution < -0.4 is 10.6 Å². The highest BCUT2D eigenvalue weighted by molar-refractivity contribution is 5.79. The third-order valence-corrected chi connectivity index (χ3v) is 3.77. The summed E-state index contributed by atoms with van der Waals surface area (Å²) in [4.78, 5) is 4.12. The number of nitriles is 1. The Labute approximate surface area is 130 Å². The van der Waals surface area contributed by atoms with Crippen LogP contribution in [-0.2, 0) is 11.3 Å². The zero-order valence-electron chi connectivity index (χ0n) is 12.9. The lowest BCUT2D eigenvalue weighted by molar-refractivity contribution is 0.0243. The number of hydrogen-bond acceptors (Lipinski definition) is 3. The Balaban J connectivity index is 1.90. The van der Waals surface area contributed by atoms with Crippen LogP contribution in [0, 0.1) is 17.1 Å². The lowest BCUT2D eigenvalue weighted by Gasteiger charge is -2.24. The predicted molar refractivity (Wildman–Crippen MR) is 82.9 cm³/mol. The molecule has 5 nitrogen and oxygen atoms in total. The van der Waals surface area contributed by atoms with Crippen molar-refractivity contribution >= 4 is 5.96 Å². The fourth-order valence-electron chi connectivity index (χ4n) is 2.43. The summed E-state index contributed by atoms with van der Waals surface area (Å²) in [6, 6.07) is 6.31. The number of guanidine groups is 1. The molecule has 1 saturated heterocycles. The molecule has 0 amide bonds. The molecule has 0 aliphatic carbocycles. The maximum absolute atomic E-state index is 13.7. The summed E-state index contributed by atoms with van der Waals surface area (Å²) in [7, 11) is 1.66. The Morgan fingerprint density at radius 1 is 1.50 bits per heavy atom. The summed E-state index contributed by atoms with van der Waals surface area (Å²) >= 11 is 0. The first-order chi connectivity index (χ1) is 10.6. The van der Waals surface area contributed by atoms with E-state index < -0.39 is 0 Å². The number of nitrogens with one attached hydrogen (secondary N) is 2. The second-order valence-electron chi connectivity index (χ2n) is 5.60. The molecule has 118 valence electrons. The minimum atomic E-state index is -0.340. The fourth-order valence-corrected chi connectivity index (χ4v) is 2.43. The SMILES string of the molecule is CN=C(NCc1cc(C#N)ccc1F)NCC1(C)CCCO1. The normalized spacial score (nSPS) is 21.5. The van der Waals surface area contributed by atoms with Crippen molar-refractivity contribution in [2.75, 3.05) is 20.2 Å². The van der Waals surface area contributed by atoms with Crippen molar-refractivity contribution in [3.8, 4) is 6.07 Å². The van der Waals surface area contributed by atoms with E-state index >= 15 is 0 Å². The van der Waals surface area contributed by atoms with E-state index in [-0.39, 0.29) is 18.0 Å². The topological polar surface area (TPSA) is 69.4 Å². The van der Waals surface area contributed by atoms with Crippen molar-refractivity contribution < 1.29 is 9.13 Å². The first-order valence-electron chi connectivity index (χ1n) is 7.33. The summed E-state index contributed by atoms with van der Waals surface area (Å²) in [6.45, 7) is 3.76. The third-order valence-electron chi connectivity index (χ3n) is 3.77. The Hall–Kier alpha value is -2.13. The van der Waals surface area contributed by atoms with Crippen LogP contribution >= 0.6 is 0 Å². The van der Waals surface area contributed by atoms with Gasteiger partial charge in [-0.3, -0.25) is 4.99 Å². The van der Waals surface area contributed by atoms with E-state index in [1.165, 1.54) is 18.2 Å². The number of halogens is 1. The summed E-state index contributed by atoms with van der Waals surface area (Å²) in [5.41, 5.74) is 0.696. The molecule has 1 fully saturated rings. The largest absolute Gasteiger partial charge is 0.373 e. The summed E-state index contributed by atoms with van der Waals surface area (Å²) in [5.74, 6) is 0.242. The number of rotatable bonds is 4. The molecule has 2 rings (SSSR count). The molecule has 1 aliphatic heterocycles. The van der Waals surface area contributed by atoms with Crippen molar-refractivity contribution in [3.63, 3.8) is 0 Å². The average Bonchev–Trinajstić information content (AvgIpc) is 2.96. The van der Waals surface area contributed by atoms with Crippen LogP contribution in [0.15, 0.2) is 23.2 Å². The Morgan fingerprint density at radius 2 is 2.32 bits per heavy atom. The van der Waals surface area contributed by atoms with Gasteiger partial charge < -0.3 is 15.4 Å². The molecule has 1 atom stereocenters. The second kappa shape index (κ2) is 7.23. The molecule has 6 heteroatoms. The second-order valence-corrected chi connectivity index (χ2v) is 5.60. The van der Waals surface area contributed by atoms with E-state index in [2.05, 4.69) is 22.5 Å². The van der Waals surface area contributed by atoms with Crippen molar-refractivity contribution in [3.05, 3.63) is 35.1 Å². The van der Waals surface area contributed by atoms with E-state index in [0.29, 0.717) is 23.6 Å². The van der Waals surface area contributed by atoms with Gasteiger partial charge in [0, 0.05) is 32.3 Å². The quantitative estimate of drug-likeness (QED) is 0.659. The molecule has 0 spiro atoms. The van der Waals surface area contributed by atoms with Crippen LogP contribution in [0.25, 0.3) is 0 Å². The average molecular weight is 304 g/mol. The van der Waals surface area contributed by atoms with Crippen LogP contribution in [-0.4, -0.2) is 31.8 Å². The third kappa shape index (κ3) is 4.18. The van der Waals surface area contributed by atoms with Gasteiger partial charge in [-0.1, -0.05) is 0 Å². The molecule has 1 aliphatic rings. The van der Waals surface area contributed by atoms with Gasteiger partial charge in [-0.05, 0) is 38.0 Å². The smallest absolute Gasteiger partial charge is 0.191 e. The lowest BCUT2D eigenvalue weighted by Crippen LogP contribution is -2.45. The minimum absolute atomic E-state index is 0.177. The molecule has 0 aromatic heterocycles. The zero-order chi connectivity index (χ0) is 16.0. The van der Waals surface area contributed by atoms with Crippen LogP contribution in [0.3, 0.4) is 0 Å². The van der Waals surface area contributed by atoms with Gasteiger partial charge in [-0.15, -0.1) is 0 Å². The van der Waals surface area contributed by atoms with Crippen LogP contribution in [0.1, 0.15) is 30.9 Å². The maximum atomic E-state index is 13.7. The van der Waals surface area contributed by atoms with E-state index in [0.717, 1.165) is 19.4 Å². The highest BCUT2D eigenvalue weighted by Crippen LogP contribution is 2.23.